The van der Waals surface area contributed by atoms with E-state index in [0.29, 0.717) is 19.5 Å². The summed E-state index contributed by atoms with van der Waals surface area (Å²) in [6.45, 7) is 5.03. The Bertz CT molecular complexity index is 594. The molecule has 2 aromatic rings. The van der Waals surface area contributed by atoms with Crippen molar-refractivity contribution in [2.24, 2.45) is 0 Å². The summed E-state index contributed by atoms with van der Waals surface area (Å²) in [4.78, 5) is 11.5. The van der Waals surface area contributed by atoms with Crippen molar-refractivity contribution in [3.8, 4) is 0 Å². The molecule has 5 heteroatoms. The van der Waals surface area contributed by atoms with E-state index in [-0.39, 0.29) is 0 Å². The zero-order valence-corrected chi connectivity index (χ0v) is 12.0. The van der Waals surface area contributed by atoms with Crippen LogP contribution in [0.15, 0.2) is 30.5 Å². The number of carboxylic acids is 1. The Labute approximate surface area is 118 Å². The van der Waals surface area contributed by atoms with E-state index >= 15 is 0 Å². The molecule has 5 nitrogen and oxygen atoms in total. The van der Waals surface area contributed by atoms with Crippen LogP contribution in [0.1, 0.15) is 26.7 Å². The first kappa shape index (κ1) is 14.5. The van der Waals surface area contributed by atoms with Gasteiger partial charge in [-0.3, -0.25) is 9.48 Å². The van der Waals surface area contributed by atoms with Gasteiger partial charge in [0, 0.05) is 11.9 Å². The first-order chi connectivity index (χ1) is 9.57. The largest absolute Gasteiger partial charge is 0.480 e. The standard InChI is InChI=1S/C15H21N3O2/c1-3-9-16-15(2,14(19)20)8-10-18-13-7-5-4-6-12(13)11-17-18/h4-7,11,16H,3,8-10H2,1-2H3,(H,19,20). The van der Waals surface area contributed by atoms with E-state index in [1.807, 2.05) is 42.1 Å². The fourth-order valence-electron chi connectivity index (χ4n) is 2.21. The number of carboxylic acid groups (broad SMARTS) is 1. The summed E-state index contributed by atoms with van der Waals surface area (Å²) >= 11 is 0. The van der Waals surface area contributed by atoms with Crippen LogP contribution in [0, 0.1) is 0 Å². The van der Waals surface area contributed by atoms with Gasteiger partial charge in [-0.2, -0.15) is 5.10 Å². The Hall–Kier alpha value is -1.88. The molecule has 1 atom stereocenters. The van der Waals surface area contributed by atoms with Crippen LogP contribution in [0.2, 0.25) is 0 Å². The van der Waals surface area contributed by atoms with E-state index < -0.39 is 11.5 Å². The van der Waals surface area contributed by atoms with E-state index in [0.717, 1.165) is 17.3 Å². The van der Waals surface area contributed by atoms with Crippen molar-refractivity contribution in [3.05, 3.63) is 30.5 Å². The molecule has 0 radical (unpaired) electrons. The number of aromatic nitrogens is 2. The molecule has 2 rings (SSSR count). The number of hydrogen-bond acceptors (Lipinski definition) is 3. The molecule has 0 fully saturated rings. The number of para-hydroxylation sites is 1. The number of rotatable bonds is 7. The Balaban J connectivity index is 2.11. The number of nitrogens with one attached hydrogen (secondary N) is 1. The van der Waals surface area contributed by atoms with Crippen LogP contribution >= 0.6 is 0 Å². The topological polar surface area (TPSA) is 67.2 Å². The summed E-state index contributed by atoms with van der Waals surface area (Å²) in [7, 11) is 0. The van der Waals surface area contributed by atoms with Crippen molar-refractivity contribution in [1.82, 2.24) is 15.1 Å². The molecular formula is C15H21N3O2. The van der Waals surface area contributed by atoms with Crippen molar-refractivity contribution in [1.29, 1.82) is 0 Å². The number of hydrogen-bond donors (Lipinski definition) is 2. The summed E-state index contributed by atoms with van der Waals surface area (Å²) in [5, 5.41) is 17.9. The van der Waals surface area contributed by atoms with Crippen LogP contribution in [0.5, 0.6) is 0 Å². The molecule has 0 saturated carbocycles. The Morgan fingerprint density at radius 3 is 2.90 bits per heavy atom. The minimum Gasteiger partial charge on any atom is -0.480 e. The molecule has 0 aliphatic heterocycles. The van der Waals surface area contributed by atoms with Crippen LogP contribution in [-0.2, 0) is 11.3 Å². The molecule has 0 spiro atoms. The predicted molar refractivity (Wildman–Crippen MR) is 78.7 cm³/mol. The molecule has 0 saturated heterocycles. The summed E-state index contributed by atoms with van der Waals surface area (Å²) < 4.78 is 1.87. The molecule has 0 aliphatic rings. The van der Waals surface area contributed by atoms with Crippen LogP contribution in [0.4, 0.5) is 0 Å². The van der Waals surface area contributed by atoms with Gasteiger partial charge in [-0.1, -0.05) is 25.1 Å². The fraction of sp³-hybridized carbons (Fsp3) is 0.467. The second-order valence-electron chi connectivity index (χ2n) is 5.24. The molecule has 0 amide bonds. The van der Waals surface area contributed by atoms with Crippen molar-refractivity contribution < 1.29 is 9.90 Å². The lowest BCUT2D eigenvalue weighted by Crippen LogP contribution is -2.50. The van der Waals surface area contributed by atoms with E-state index in [4.69, 9.17) is 0 Å². The van der Waals surface area contributed by atoms with Crippen molar-refractivity contribution in [2.75, 3.05) is 6.54 Å². The van der Waals surface area contributed by atoms with Gasteiger partial charge in [-0.05, 0) is 32.4 Å². The summed E-state index contributed by atoms with van der Waals surface area (Å²) in [6.07, 6.45) is 3.22. The third-order valence-corrected chi connectivity index (χ3v) is 3.61. The third-order valence-electron chi connectivity index (χ3n) is 3.61. The summed E-state index contributed by atoms with van der Waals surface area (Å²) in [6, 6.07) is 7.94. The second-order valence-corrected chi connectivity index (χ2v) is 5.24. The van der Waals surface area contributed by atoms with Gasteiger partial charge in [0.2, 0.25) is 0 Å². The quantitative estimate of drug-likeness (QED) is 0.813. The highest BCUT2D eigenvalue weighted by Crippen LogP contribution is 2.16. The lowest BCUT2D eigenvalue weighted by molar-refractivity contribution is -0.144. The van der Waals surface area contributed by atoms with Gasteiger partial charge in [0.05, 0.1) is 11.7 Å². The van der Waals surface area contributed by atoms with Crippen molar-refractivity contribution in [2.45, 2.75) is 38.8 Å². The van der Waals surface area contributed by atoms with Gasteiger partial charge < -0.3 is 10.4 Å². The smallest absolute Gasteiger partial charge is 0.323 e. The summed E-state index contributed by atoms with van der Waals surface area (Å²) in [5.74, 6) is -0.817. The maximum atomic E-state index is 11.5. The number of nitrogens with zero attached hydrogens (tertiary/aromatic N) is 2. The summed E-state index contributed by atoms with van der Waals surface area (Å²) in [5.41, 5.74) is 0.124. The minimum atomic E-state index is -0.914. The van der Waals surface area contributed by atoms with Crippen LogP contribution < -0.4 is 5.32 Å². The Morgan fingerprint density at radius 1 is 1.45 bits per heavy atom. The minimum absolute atomic E-state index is 0.494. The molecule has 2 N–H and O–H groups in total. The SMILES string of the molecule is CCCNC(C)(CCn1ncc2ccccc21)C(=O)O. The molecular weight excluding hydrogens is 254 g/mol. The predicted octanol–water partition coefficient (Wildman–Crippen LogP) is 2.27. The third kappa shape index (κ3) is 2.99. The Morgan fingerprint density at radius 2 is 2.20 bits per heavy atom. The maximum Gasteiger partial charge on any atom is 0.323 e. The lowest BCUT2D eigenvalue weighted by Gasteiger charge is -2.26. The zero-order chi connectivity index (χ0) is 14.6. The van der Waals surface area contributed by atoms with Crippen LogP contribution in [-0.4, -0.2) is 32.9 Å². The first-order valence-corrected chi connectivity index (χ1v) is 6.96. The zero-order valence-electron chi connectivity index (χ0n) is 12.0. The first-order valence-electron chi connectivity index (χ1n) is 6.96. The molecule has 0 bridgehead atoms. The van der Waals surface area contributed by atoms with Crippen LogP contribution in [0.3, 0.4) is 0 Å². The van der Waals surface area contributed by atoms with Crippen molar-refractivity contribution in [3.63, 3.8) is 0 Å². The molecule has 1 aromatic heterocycles. The highest BCUT2D eigenvalue weighted by atomic mass is 16.4. The van der Waals surface area contributed by atoms with E-state index in [1.165, 1.54) is 0 Å². The molecule has 1 unspecified atom stereocenters. The number of benzene rings is 1. The number of aryl methyl sites for hydroxylation is 1. The second kappa shape index (κ2) is 6.05. The highest BCUT2D eigenvalue weighted by Gasteiger charge is 2.32. The molecule has 1 aromatic carbocycles. The fourth-order valence-corrected chi connectivity index (χ4v) is 2.21. The normalized spacial score (nSPS) is 14.3. The van der Waals surface area contributed by atoms with E-state index in [1.54, 1.807) is 6.92 Å². The number of fused-ring (bicyclic) bond motifs is 1. The Kier molecular flexibility index (Phi) is 4.39. The van der Waals surface area contributed by atoms with Gasteiger partial charge in [-0.15, -0.1) is 0 Å². The number of carbonyl (C=O) groups is 1. The molecule has 108 valence electrons. The molecule has 0 aliphatic carbocycles. The average molecular weight is 275 g/mol. The number of aliphatic carboxylic acids is 1. The van der Waals surface area contributed by atoms with Gasteiger partial charge in [0.1, 0.15) is 5.54 Å². The maximum absolute atomic E-state index is 11.5. The van der Waals surface area contributed by atoms with Gasteiger partial charge in [-0.25, -0.2) is 0 Å². The van der Waals surface area contributed by atoms with Crippen molar-refractivity contribution >= 4 is 16.9 Å². The van der Waals surface area contributed by atoms with E-state index in [2.05, 4.69) is 10.4 Å². The van der Waals surface area contributed by atoms with Gasteiger partial charge in [0.15, 0.2) is 0 Å². The molecule has 1 heterocycles. The monoisotopic (exact) mass is 275 g/mol. The lowest BCUT2D eigenvalue weighted by atomic mass is 9.98. The van der Waals surface area contributed by atoms with E-state index in [9.17, 15) is 9.90 Å². The van der Waals surface area contributed by atoms with Crippen LogP contribution in [0.25, 0.3) is 10.9 Å². The van der Waals surface area contributed by atoms with Gasteiger partial charge in [0.25, 0.3) is 0 Å². The van der Waals surface area contributed by atoms with Gasteiger partial charge >= 0.3 is 5.97 Å². The average Bonchev–Trinajstić information content (AvgIpc) is 2.86. The highest BCUT2D eigenvalue weighted by molar-refractivity contribution is 5.79. The molecule has 20 heavy (non-hydrogen) atoms.